The van der Waals surface area contributed by atoms with Crippen molar-refractivity contribution < 1.29 is 20.1 Å². The van der Waals surface area contributed by atoms with Crippen LogP contribution in [-0.2, 0) is 4.74 Å². The number of para-hydroxylation sites is 2. The highest BCUT2D eigenvalue weighted by Gasteiger charge is 2.28. The molecule has 4 heteroatoms. The second-order valence-electron chi connectivity index (χ2n) is 4.74. The Labute approximate surface area is 129 Å². The van der Waals surface area contributed by atoms with Crippen molar-refractivity contribution in [3.8, 4) is 11.5 Å². The first-order chi connectivity index (χ1) is 12.0. The summed E-state index contributed by atoms with van der Waals surface area (Å²) in [6, 6.07) is 7.39. The quantitative estimate of drug-likeness (QED) is 0.908. The third-order valence-corrected chi connectivity index (χ3v) is 3.30. The monoisotopic (exact) mass is 289 g/mol. The zero-order valence-corrected chi connectivity index (χ0v) is 11.4. The molecular formula is C17H19NO3. The lowest BCUT2D eigenvalue weighted by Gasteiger charge is -2.31. The van der Waals surface area contributed by atoms with E-state index in [1.54, 1.807) is 0 Å². The number of morpholine rings is 1. The highest BCUT2D eigenvalue weighted by molar-refractivity contribution is 5.38. The minimum Gasteiger partial charge on any atom is -0.504 e. The zero-order valence-electron chi connectivity index (χ0n) is 15.4. The van der Waals surface area contributed by atoms with Crippen LogP contribution < -0.4 is 10.1 Å². The largest absolute Gasteiger partial charge is 0.504 e. The molecule has 0 unspecified atom stereocenters. The second kappa shape index (κ2) is 6.61. The molecule has 2 aromatic carbocycles. The van der Waals surface area contributed by atoms with Crippen LogP contribution in [-0.4, -0.2) is 30.9 Å². The Morgan fingerprint density at radius 1 is 1.29 bits per heavy atom. The fourth-order valence-electron chi connectivity index (χ4n) is 2.29. The smallest absolute Gasteiger partial charge is 0.162 e. The molecule has 0 bridgehead atoms. The van der Waals surface area contributed by atoms with E-state index < -0.39 is 36.0 Å². The summed E-state index contributed by atoms with van der Waals surface area (Å²) in [4.78, 5) is 0. The summed E-state index contributed by atoms with van der Waals surface area (Å²) in [5.41, 5.74) is 0.794. The zero-order chi connectivity index (χ0) is 18.0. The molecule has 3 rings (SSSR count). The molecular weight excluding hydrogens is 266 g/mol. The van der Waals surface area contributed by atoms with Crippen LogP contribution in [0, 0.1) is 0 Å². The maximum absolute atomic E-state index is 10.2. The van der Waals surface area contributed by atoms with E-state index in [1.807, 2.05) is 30.3 Å². The van der Waals surface area contributed by atoms with Crippen LogP contribution in [0.25, 0.3) is 0 Å². The van der Waals surface area contributed by atoms with Gasteiger partial charge in [0.05, 0.1) is 12.1 Å². The van der Waals surface area contributed by atoms with Crippen molar-refractivity contribution in [1.82, 2.24) is 5.32 Å². The number of nitrogens with one attached hydrogen (secondary N) is 1. The maximum Gasteiger partial charge on any atom is 0.162 e. The minimum absolute atomic E-state index is 0.269. The molecule has 2 atom stereocenters. The Morgan fingerprint density at radius 3 is 2.86 bits per heavy atom. The lowest BCUT2D eigenvalue weighted by atomic mass is 10.0. The third-order valence-electron chi connectivity index (χ3n) is 3.30. The average Bonchev–Trinajstić information content (AvgIpc) is 2.66. The number of aromatic hydroxyl groups is 1. The van der Waals surface area contributed by atoms with Crippen molar-refractivity contribution >= 4 is 0 Å². The van der Waals surface area contributed by atoms with Gasteiger partial charge in [-0.25, -0.2) is 0 Å². The first kappa shape index (κ1) is 9.82. The van der Waals surface area contributed by atoms with Crippen LogP contribution in [0.15, 0.2) is 54.5 Å². The van der Waals surface area contributed by atoms with E-state index in [-0.39, 0.29) is 11.9 Å². The Hall–Kier alpha value is -2.04. The molecule has 0 saturated carbocycles. The van der Waals surface area contributed by atoms with Crippen LogP contribution in [0.4, 0.5) is 0 Å². The van der Waals surface area contributed by atoms with Gasteiger partial charge in [0.2, 0.25) is 0 Å². The summed E-state index contributed by atoms with van der Waals surface area (Å²) in [6.45, 7) is 1.77. The van der Waals surface area contributed by atoms with E-state index in [1.165, 1.54) is 0 Å². The predicted molar refractivity (Wildman–Crippen MR) is 80.5 cm³/mol. The molecule has 1 saturated heterocycles. The SMILES string of the molecule is [2H]c1c([2H])c([2H])c(O[C@H](c2ccccc2)[C@H]2CNCCO2)c(O)c1[2H]. The number of rotatable bonds is 4. The summed E-state index contributed by atoms with van der Waals surface area (Å²) in [6.07, 6.45) is -0.978. The standard InChI is InChI=1S/C17H19NO3/c19-14-8-4-5-9-15(14)21-17(13-6-2-1-3-7-13)16-12-18-10-11-20-16/h1-9,16-19H,10-12H2/t16-,17-/m1/s1/i4D,5D,8D,9D. The molecule has 1 fully saturated rings. The average molecular weight is 289 g/mol. The Bertz CT molecular complexity index is 722. The second-order valence-corrected chi connectivity index (χ2v) is 4.74. The molecule has 2 aromatic rings. The molecule has 1 heterocycles. The van der Waals surface area contributed by atoms with E-state index in [2.05, 4.69) is 5.32 Å². The summed E-state index contributed by atoms with van der Waals surface area (Å²) < 4.78 is 42.8. The Balaban J connectivity index is 2.01. The topological polar surface area (TPSA) is 50.7 Å². The number of hydrogen-bond acceptors (Lipinski definition) is 4. The van der Waals surface area contributed by atoms with E-state index in [0.29, 0.717) is 13.2 Å². The molecule has 1 aliphatic heterocycles. The minimum atomic E-state index is -0.626. The van der Waals surface area contributed by atoms with Crippen molar-refractivity contribution in [1.29, 1.82) is 0 Å². The summed E-state index contributed by atoms with van der Waals surface area (Å²) in [5, 5.41) is 13.4. The van der Waals surface area contributed by atoms with Crippen LogP contribution in [0.2, 0.25) is 0 Å². The van der Waals surface area contributed by atoms with E-state index in [4.69, 9.17) is 15.0 Å². The lowest BCUT2D eigenvalue weighted by molar-refractivity contribution is -0.0438. The van der Waals surface area contributed by atoms with Crippen molar-refractivity contribution in [2.45, 2.75) is 12.2 Å². The van der Waals surface area contributed by atoms with Gasteiger partial charge in [-0.3, -0.25) is 0 Å². The van der Waals surface area contributed by atoms with Gasteiger partial charge in [0.25, 0.3) is 0 Å². The summed E-state index contributed by atoms with van der Waals surface area (Å²) in [7, 11) is 0. The highest BCUT2D eigenvalue weighted by Crippen LogP contribution is 2.32. The maximum atomic E-state index is 10.2. The lowest BCUT2D eigenvalue weighted by Crippen LogP contribution is -2.43. The van der Waals surface area contributed by atoms with Gasteiger partial charge in [-0.2, -0.15) is 0 Å². The molecule has 2 N–H and O–H groups in total. The van der Waals surface area contributed by atoms with Gasteiger partial charge in [0.15, 0.2) is 17.6 Å². The first-order valence-electron chi connectivity index (χ1n) is 8.84. The van der Waals surface area contributed by atoms with E-state index in [9.17, 15) is 5.11 Å². The molecule has 21 heavy (non-hydrogen) atoms. The Kier molecular flexibility index (Phi) is 3.09. The number of ether oxygens (including phenoxy) is 2. The normalized spacial score (nSPS) is 22.6. The first-order valence-corrected chi connectivity index (χ1v) is 6.84. The molecule has 0 spiro atoms. The van der Waals surface area contributed by atoms with E-state index in [0.717, 1.165) is 12.1 Å². The molecule has 4 nitrogen and oxygen atoms in total. The van der Waals surface area contributed by atoms with Gasteiger partial charge in [-0.05, 0) is 17.6 Å². The van der Waals surface area contributed by atoms with E-state index >= 15 is 0 Å². The predicted octanol–water partition coefficient (Wildman–Crippen LogP) is 2.50. The number of benzene rings is 2. The number of hydrogen-bond donors (Lipinski definition) is 2. The van der Waals surface area contributed by atoms with Gasteiger partial charge >= 0.3 is 0 Å². The fraction of sp³-hybridized carbons (Fsp3) is 0.294. The fourth-order valence-corrected chi connectivity index (χ4v) is 2.29. The van der Waals surface area contributed by atoms with Gasteiger partial charge in [-0.1, -0.05) is 42.4 Å². The summed E-state index contributed by atoms with van der Waals surface area (Å²) in [5.74, 6) is -0.871. The molecule has 110 valence electrons. The molecule has 0 aliphatic carbocycles. The highest BCUT2D eigenvalue weighted by atomic mass is 16.5. The van der Waals surface area contributed by atoms with Gasteiger partial charge in [0, 0.05) is 13.1 Å². The van der Waals surface area contributed by atoms with Gasteiger partial charge in [0.1, 0.15) is 6.10 Å². The molecule has 0 aromatic heterocycles. The van der Waals surface area contributed by atoms with Crippen LogP contribution in [0.3, 0.4) is 0 Å². The Morgan fingerprint density at radius 2 is 2.10 bits per heavy atom. The van der Waals surface area contributed by atoms with Crippen molar-refractivity contribution in [2.24, 2.45) is 0 Å². The van der Waals surface area contributed by atoms with Crippen LogP contribution in [0.1, 0.15) is 17.2 Å². The van der Waals surface area contributed by atoms with Crippen molar-refractivity contribution in [2.75, 3.05) is 19.7 Å². The third kappa shape index (κ3) is 3.35. The van der Waals surface area contributed by atoms with Gasteiger partial charge < -0.3 is 19.9 Å². The van der Waals surface area contributed by atoms with Crippen molar-refractivity contribution in [3.05, 3.63) is 60.1 Å². The van der Waals surface area contributed by atoms with Crippen molar-refractivity contribution in [3.63, 3.8) is 0 Å². The molecule has 0 amide bonds. The van der Waals surface area contributed by atoms with Crippen LogP contribution in [0.5, 0.6) is 11.5 Å². The van der Waals surface area contributed by atoms with Crippen LogP contribution >= 0.6 is 0 Å². The molecule has 1 aliphatic rings. The number of phenolic OH excluding ortho intramolecular Hbond substituents is 1. The summed E-state index contributed by atoms with van der Waals surface area (Å²) >= 11 is 0. The van der Waals surface area contributed by atoms with Gasteiger partial charge in [-0.15, -0.1) is 0 Å². The number of phenols is 1. The molecule has 0 radical (unpaired) electrons.